The zero-order valence-corrected chi connectivity index (χ0v) is 24.5. The second-order valence-electron chi connectivity index (χ2n) is 8.95. The van der Waals surface area contributed by atoms with E-state index in [4.69, 9.17) is 4.98 Å². The molecule has 0 radical (unpaired) electrons. The molecular weight excluding hydrogens is 553 g/mol. The molecule has 1 heterocycles. The molecule has 0 fully saturated rings. The predicted molar refractivity (Wildman–Crippen MR) is 168 cm³/mol. The van der Waals surface area contributed by atoms with Crippen LogP contribution in [0.3, 0.4) is 0 Å². The molecule has 0 bridgehead atoms. The number of halogens is 1. The Balaban J connectivity index is 0.00000308. The molecule has 192 valence electrons. The van der Waals surface area contributed by atoms with Crippen LogP contribution < -0.4 is 33.8 Å². The summed E-state index contributed by atoms with van der Waals surface area (Å²) in [5.74, 6) is 0.905. The van der Waals surface area contributed by atoms with Crippen LogP contribution >= 0.6 is 30.4 Å². The third-order valence-corrected chi connectivity index (χ3v) is 13.5. The number of benzene rings is 5. The average molecular weight is 580 g/mol. The van der Waals surface area contributed by atoms with Crippen LogP contribution in [0.1, 0.15) is 5.56 Å². The van der Waals surface area contributed by atoms with Crippen LogP contribution in [0.25, 0.3) is 10.6 Å². The van der Waals surface area contributed by atoms with Crippen LogP contribution in [0.4, 0.5) is 0 Å². The standard InChI is InChI=1S/C34H27NPS2.ClH/c1-6-16-27(17-7-1)26-37-34-32(35-33(38-34)28-18-8-2-9-19-28)36(29-20-10-3-11-21-29,30-22-12-4-13-23-30)31-24-14-5-15-25-31;/h1-25H,26H2;1H/q+1;/p-1. The molecule has 0 aliphatic carbocycles. The van der Waals surface area contributed by atoms with Gasteiger partial charge in [-0.05, 0) is 42.0 Å². The maximum atomic E-state index is 5.54. The molecule has 1 nitrogen and oxygen atoms in total. The largest absolute Gasteiger partial charge is 1.00 e. The van der Waals surface area contributed by atoms with Crippen molar-refractivity contribution in [2.75, 3.05) is 0 Å². The summed E-state index contributed by atoms with van der Waals surface area (Å²) >= 11 is 3.73. The van der Waals surface area contributed by atoms with Crippen molar-refractivity contribution < 1.29 is 12.4 Å². The van der Waals surface area contributed by atoms with Gasteiger partial charge in [0.1, 0.15) is 25.1 Å². The first-order chi connectivity index (χ1) is 18.9. The monoisotopic (exact) mass is 579 g/mol. The molecule has 6 rings (SSSR count). The predicted octanol–water partition coefficient (Wildman–Crippen LogP) is 4.73. The Hall–Kier alpha value is -3.20. The van der Waals surface area contributed by atoms with Crippen molar-refractivity contribution in [3.63, 3.8) is 0 Å². The molecular formula is C34H27ClNPS2. The van der Waals surface area contributed by atoms with Gasteiger partial charge >= 0.3 is 0 Å². The van der Waals surface area contributed by atoms with E-state index in [-0.39, 0.29) is 12.4 Å². The third-order valence-electron chi connectivity index (χ3n) is 6.56. The lowest BCUT2D eigenvalue weighted by Gasteiger charge is -2.26. The molecule has 0 saturated carbocycles. The minimum absolute atomic E-state index is 0. The van der Waals surface area contributed by atoms with Crippen LogP contribution in [0.5, 0.6) is 0 Å². The SMILES string of the molecule is [Cl-].c1ccc(CSc2sc(-c3ccccc3)nc2[P+](c2ccccc2)(c2ccccc2)c2ccccc2)cc1. The Bertz CT molecular complexity index is 1500. The highest BCUT2D eigenvalue weighted by Crippen LogP contribution is 2.57. The summed E-state index contributed by atoms with van der Waals surface area (Å²) in [7, 11) is -2.29. The van der Waals surface area contributed by atoms with Gasteiger partial charge in [0.05, 0.1) is 0 Å². The van der Waals surface area contributed by atoms with Crippen LogP contribution in [0.15, 0.2) is 156 Å². The number of hydrogen-bond acceptors (Lipinski definition) is 3. The van der Waals surface area contributed by atoms with Gasteiger partial charge in [0.2, 0.25) is 5.44 Å². The van der Waals surface area contributed by atoms with E-state index in [1.54, 1.807) is 0 Å². The highest BCUT2D eigenvalue weighted by molar-refractivity contribution is 8.05. The minimum Gasteiger partial charge on any atom is -1.00 e. The van der Waals surface area contributed by atoms with E-state index in [0.29, 0.717) is 0 Å². The lowest BCUT2D eigenvalue weighted by molar-refractivity contribution is -0.00000721. The fourth-order valence-electron chi connectivity index (χ4n) is 4.80. The number of aromatic nitrogens is 1. The van der Waals surface area contributed by atoms with Gasteiger partial charge in [-0.25, -0.2) is 0 Å². The van der Waals surface area contributed by atoms with E-state index >= 15 is 0 Å². The molecule has 0 aliphatic heterocycles. The molecule has 0 atom stereocenters. The zero-order chi connectivity index (χ0) is 25.6. The maximum absolute atomic E-state index is 5.54. The van der Waals surface area contributed by atoms with Gasteiger partial charge in [-0.1, -0.05) is 115 Å². The topological polar surface area (TPSA) is 12.9 Å². The number of thiazole rings is 1. The summed E-state index contributed by atoms with van der Waals surface area (Å²) in [4.78, 5) is 5.54. The first kappa shape index (κ1) is 27.4. The molecule has 6 aromatic rings. The highest BCUT2D eigenvalue weighted by Gasteiger charge is 2.52. The van der Waals surface area contributed by atoms with Crippen molar-refractivity contribution in [3.8, 4) is 10.6 Å². The fraction of sp³-hybridized carbons (Fsp3) is 0.0294. The van der Waals surface area contributed by atoms with E-state index in [2.05, 4.69) is 152 Å². The highest BCUT2D eigenvalue weighted by atomic mass is 35.5. The summed E-state index contributed by atoms with van der Waals surface area (Å²) in [5.41, 5.74) is 3.68. The fourth-order valence-corrected chi connectivity index (χ4v) is 12.0. The van der Waals surface area contributed by atoms with E-state index in [9.17, 15) is 0 Å². The Morgan fingerprint density at radius 2 is 0.949 bits per heavy atom. The third kappa shape index (κ3) is 5.60. The Labute approximate surface area is 245 Å². The summed E-state index contributed by atoms with van der Waals surface area (Å²) in [6, 6.07) is 54.4. The zero-order valence-electron chi connectivity index (χ0n) is 21.2. The normalized spacial score (nSPS) is 11.1. The second kappa shape index (κ2) is 12.8. The van der Waals surface area contributed by atoms with Crippen molar-refractivity contribution in [1.82, 2.24) is 4.98 Å². The van der Waals surface area contributed by atoms with E-state index in [1.165, 1.54) is 31.1 Å². The van der Waals surface area contributed by atoms with Gasteiger partial charge in [-0.2, -0.15) is 4.98 Å². The van der Waals surface area contributed by atoms with Gasteiger partial charge in [0, 0.05) is 11.3 Å². The Kier molecular flexibility index (Phi) is 8.96. The van der Waals surface area contributed by atoms with Gasteiger partial charge in [-0.3, -0.25) is 0 Å². The first-order valence-corrected chi connectivity index (χ1v) is 16.2. The van der Waals surface area contributed by atoms with E-state index in [0.717, 1.165) is 16.3 Å². The quantitative estimate of drug-likeness (QED) is 0.191. The Morgan fingerprint density at radius 1 is 0.538 bits per heavy atom. The molecule has 39 heavy (non-hydrogen) atoms. The van der Waals surface area contributed by atoms with Crippen LogP contribution in [0.2, 0.25) is 0 Å². The molecule has 5 aromatic carbocycles. The summed E-state index contributed by atoms with van der Waals surface area (Å²) in [6.45, 7) is 0. The molecule has 1 aromatic heterocycles. The average Bonchev–Trinajstić information content (AvgIpc) is 3.44. The molecule has 0 spiro atoms. The molecule has 5 heteroatoms. The van der Waals surface area contributed by atoms with Crippen molar-refractivity contribution in [2.45, 2.75) is 9.96 Å². The van der Waals surface area contributed by atoms with Gasteiger partial charge in [-0.15, -0.1) is 23.1 Å². The van der Waals surface area contributed by atoms with Crippen molar-refractivity contribution in [1.29, 1.82) is 0 Å². The number of thioether (sulfide) groups is 1. The number of nitrogens with zero attached hydrogens (tertiary/aromatic N) is 1. The van der Waals surface area contributed by atoms with E-state index < -0.39 is 7.26 Å². The minimum atomic E-state index is -2.29. The van der Waals surface area contributed by atoms with E-state index in [1.807, 2.05) is 23.1 Å². The summed E-state index contributed by atoms with van der Waals surface area (Å²) in [6.07, 6.45) is 0. The van der Waals surface area contributed by atoms with Crippen LogP contribution in [0, 0.1) is 0 Å². The molecule has 0 N–H and O–H groups in total. The maximum Gasteiger partial charge on any atom is 0.223 e. The Morgan fingerprint density at radius 3 is 1.41 bits per heavy atom. The lowest BCUT2D eigenvalue weighted by atomic mass is 10.2. The molecule has 0 aliphatic rings. The molecule has 0 unspecified atom stereocenters. The first-order valence-electron chi connectivity index (χ1n) is 12.6. The molecule has 0 amide bonds. The van der Waals surface area contributed by atoms with Crippen LogP contribution in [-0.2, 0) is 5.75 Å². The van der Waals surface area contributed by atoms with Crippen molar-refractivity contribution in [2.24, 2.45) is 0 Å². The lowest BCUT2D eigenvalue weighted by Crippen LogP contribution is -3.00. The smallest absolute Gasteiger partial charge is 0.223 e. The number of hydrogen-bond donors (Lipinski definition) is 0. The van der Waals surface area contributed by atoms with Crippen molar-refractivity contribution in [3.05, 3.63) is 157 Å². The van der Waals surface area contributed by atoms with Crippen molar-refractivity contribution >= 4 is 51.7 Å². The summed E-state index contributed by atoms with van der Waals surface area (Å²) in [5, 5.41) is 5.04. The molecule has 0 saturated heterocycles. The van der Waals surface area contributed by atoms with Gasteiger partial charge < -0.3 is 12.4 Å². The van der Waals surface area contributed by atoms with Crippen LogP contribution in [-0.4, -0.2) is 4.98 Å². The summed E-state index contributed by atoms with van der Waals surface area (Å²) < 4.78 is 1.29. The second-order valence-corrected chi connectivity index (χ2v) is 14.5. The van der Waals surface area contributed by atoms with Gasteiger partial charge in [0.25, 0.3) is 0 Å². The number of rotatable bonds is 8. The van der Waals surface area contributed by atoms with Gasteiger partial charge in [0.15, 0.2) is 7.26 Å².